The third-order valence-electron chi connectivity index (χ3n) is 3.47. The second kappa shape index (κ2) is 3.57. The van der Waals surface area contributed by atoms with Gasteiger partial charge in [0, 0.05) is 34.9 Å². The number of aromatic amines is 1. The monoisotopic (exact) mass is 236 g/mol. The Morgan fingerprint density at radius 2 is 2.06 bits per heavy atom. The van der Waals surface area contributed by atoms with Crippen molar-refractivity contribution in [2.75, 3.05) is 11.9 Å². The minimum Gasteiger partial charge on any atom is -0.384 e. The van der Waals surface area contributed by atoms with Gasteiger partial charge in [-0.3, -0.25) is 5.10 Å². The Labute approximate surface area is 104 Å². The predicted molar refractivity (Wildman–Crippen MR) is 71.5 cm³/mol. The molecule has 0 radical (unpaired) electrons. The van der Waals surface area contributed by atoms with Gasteiger partial charge in [-0.25, -0.2) is 4.98 Å². The van der Waals surface area contributed by atoms with E-state index in [4.69, 9.17) is 0 Å². The lowest BCUT2D eigenvalue weighted by atomic mass is 9.97. The number of H-pyrrole nitrogens is 1. The summed E-state index contributed by atoms with van der Waals surface area (Å²) in [6.07, 6.45) is 4.81. The van der Waals surface area contributed by atoms with Crippen molar-refractivity contribution >= 4 is 16.7 Å². The zero-order valence-corrected chi connectivity index (χ0v) is 9.77. The third-order valence-corrected chi connectivity index (χ3v) is 3.47. The predicted octanol–water partition coefficient (Wildman–Crippen LogP) is 2.59. The molecule has 0 saturated carbocycles. The van der Waals surface area contributed by atoms with E-state index in [1.54, 1.807) is 0 Å². The molecule has 3 aromatic rings. The number of benzene rings is 1. The standard InChI is InChI=1S/C14H12N4/c1-2-4-12-10(3-1)13-9(5-6-15-12)7-16-14-11(13)8-17-18-14/h1-4,7-8,15H,5-6H2,(H,16,17,18). The Morgan fingerprint density at radius 3 is 3.06 bits per heavy atom. The summed E-state index contributed by atoms with van der Waals surface area (Å²) in [5, 5.41) is 11.6. The molecule has 4 heteroatoms. The second-order valence-electron chi connectivity index (χ2n) is 4.51. The molecule has 0 bridgehead atoms. The summed E-state index contributed by atoms with van der Waals surface area (Å²) in [6, 6.07) is 8.41. The highest BCUT2D eigenvalue weighted by molar-refractivity contribution is 5.98. The average molecular weight is 236 g/mol. The lowest BCUT2D eigenvalue weighted by Crippen LogP contribution is -2.02. The minimum atomic E-state index is 0.852. The Morgan fingerprint density at radius 1 is 1.11 bits per heavy atom. The normalized spacial score (nSPS) is 13.6. The molecule has 88 valence electrons. The second-order valence-corrected chi connectivity index (χ2v) is 4.51. The van der Waals surface area contributed by atoms with Gasteiger partial charge in [-0.2, -0.15) is 5.10 Å². The highest BCUT2D eigenvalue weighted by atomic mass is 15.1. The number of anilines is 1. The molecule has 1 aliphatic heterocycles. The zero-order chi connectivity index (χ0) is 11.9. The molecule has 3 heterocycles. The van der Waals surface area contributed by atoms with Crippen LogP contribution >= 0.6 is 0 Å². The molecule has 18 heavy (non-hydrogen) atoms. The Kier molecular flexibility index (Phi) is 1.91. The maximum Gasteiger partial charge on any atom is 0.155 e. The van der Waals surface area contributed by atoms with Crippen LogP contribution in [0.15, 0.2) is 36.7 Å². The number of nitrogens with zero attached hydrogens (tertiary/aromatic N) is 2. The fourth-order valence-corrected chi connectivity index (χ4v) is 2.64. The number of hydrogen-bond donors (Lipinski definition) is 2. The molecule has 2 aromatic heterocycles. The highest BCUT2D eigenvalue weighted by Crippen LogP contribution is 2.37. The van der Waals surface area contributed by atoms with Crippen LogP contribution < -0.4 is 5.32 Å². The van der Waals surface area contributed by atoms with E-state index in [1.165, 1.54) is 22.4 Å². The van der Waals surface area contributed by atoms with Crippen molar-refractivity contribution in [2.24, 2.45) is 0 Å². The largest absolute Gasteiger partial charge is 0.384 e. The van der Waals surface area contributed by atoms with Gasteiger partial charge in [-0.15, -0.1) is 0 Å². The van der Waals surface area contributed by atoms with E-state index in [1.807, 2.05) is 12.4 Å². The van der Waals surface area contributed by atoms with Crippen LogP contribution in [0.1, 0.15) is 5.56 Å². The molecule has 0 spiro atoms. The maximum absolute atomic E-state index is 4.42. The fraction of sp³-hybridized carbons (Fsp3) is 0.143. The first-order chi connectivity index (χ1) is 8.93. The van der Waals surface area contributed by atoms with E-state index in [9.17, 15) is 0 Å². The van der Waals surface area contributed by atoms with Crippen LogP contribution in [0.4, 0.5) is 5.69 Å². The molecule has 0 atom stereocenters. The summed E-state index contributed by atoms with van der Waals surface area (Å²) in [4.78, 5) is 4.42. The summed E-state index contributed by atoms with van der Waals surface area (Å²) >= 11 is 0. The molecule has 0 amide bonds. The molecular formula is C14H12N4. The average Bonchev–Trinajstić information content (AvgIpc) is 2.80. The van der Waals surface area contributed by atoms with Gasteiger partial charge in [0.15, 0.2) is 5.65 Å². The summed E-state index contributed by atoms with van der Waals surface area (Å²) in [5.74, 6) is 0. The van der Waals surface area contributed by atoms with Crippen molar-refractivity contribution in [1.29, 1.82) is 0 Å². The Bertz CT molecular complexity index is 729. The lowest BCUT2D eigenvalue weighted by Gasteiger charge is -2.09. The molecule has 1 aromatic carbocycles. The van der Waals surface area contributed by atoms with Crippen molar-refractivity contribution in [3.8, 4) is 11.1 Å². The first-order valence-corrected chi connectivity index (χ1v) is 6.08. The molecule has 4 nitrogen and oxygen atoms in total. The lowest BCUT2D eigenvalue weighted by molar-refractivity contribution is 1.02. The van der Waals surface area contributed by atoms with Crippen LogP contribution in [0.25, 0.3) is 22.2 Å². The van der Waals surface area contributed by atoms with Crippen LogP contribution in [0.2, 0.25) is 0 Å². The van der Waals surface area contributed by atoms with Crippen molar-refractivity contribution in [1.82, 2.24) is 15.2 Å². The number of rotatable bonds is 0. The van der Waals surface area contributed by atoms with Crippen molar-refractivity contribution in [3.63, 3.8) is 0 Å². The van der Waals surface area contributed by atoms with E-state index < -0.39 is 0 Å². The van der Waals surface area contributed by atoms with Crippen LogP contribution in [-0.4, -0.2) is 21.7 Å². The summed E-state index contributed by atoms with van der Waals surface area (Å²) in [5.41, 5.74) is 5.81. The molecule has 0 aliphatic carbocycles. The van der Waals surface area contributed by atoms with Crippen molar-refractivity contribution in [3.05, 3.63) is 42.2 Å². The molecule has 0 fully saturated rings. The summed E-state index contributed by atoms with van der Waals surface area (Å²) in [6.45, 7) is 0.940. The number of fused-ring (bicyclic) bond motifs is 5. The fourth-order valence-electron chi connectivity index (χ4n) is 2.64. The van der Waals surface area contributed by atoms with Gasteiger partial charge in [-0.05, 0) is 18.1 Å². The van der Waals surface area contributed by atoms with Gasteiger partial charge in [0.05, 0.1) is 6.20 Å². The summed E-state index contributed by atoms with van der Waals surface area (Å²) < 4.78 is 0. The summed E-state index contributed by atoms with van der Waals surface area (Å²) in [7, 11) is 0. The number of nitrogens with one attached hydrogen (secondary N) is 2. The SMILES string of the molecule is c1ccc2c(c1)NCCc1cnc3[nH]ncc3c1-2. The highest BCUT2D eigenvalue weighted by Gasteiger charge is 2.17. The van der Waals surface area contributed by atoms with Crippen molar-refractivity contribution in [2.45, 2.75) is 6.42 Å². The molecule has 1 aliphatic rings. The van der Waals surface area contributed by atoms with Crippen LogP contribution in [0, 0.1) is 0 Å². The van der Waals surface area contributed by atoms with Gasteiger partial charge >= 0.3 is 0 Å². The topological polar surface area (TPSA) is 53.6 Å². The van der Waals surface area contributed by atoms with Crippen LogP contribution in [-0.2, 0) is 6.42 Å². The molecule has 0 unspecified atom stereocenters. The van der Waals surface area contributed by atoms with Gasteiger partial charge in [0.2, 0.25) is 0 Å². The van der Waals surface area contributed by atoms with Crippen LogP contribution in [0.5, 0.6) is 0 Å². The molecule has 0 saturated heterocycles. The molecule has 4 rings (SSSR count). The smallest absolute Gasteiger partial charge is 0.155 e. The first kappa shape index (κ1) is 9.65. The Hall–Kier alpha value is -2.36. The number of hydrogen-bond acceptors (Lipinski definition) is 3. The van der Waals surface area contributed by atoms with E-state index in [-0.39, 0.29) is 0 Å². The van der Waals surface area contributed by atoms with E-state index in [0.29, 0.717) is 0 Å². The quantitative estimate of drug-likeness (QED) is 0.630. The van der Waals surface area contributed by atoms with Gasteiger partial charge in [0.1, 0.15) is 0 Å². The van der Waals surface area contributed by atoms with Gasteiger partial charge < -0.3 is 5.32 Å². The molecular weight excluding hydrogens is 224 g/mol. The number of para-hydroxylation sites is 1. The van der Waals surface area contributed by atoms with Crippen LogP contribution in [0.3, 0.4) is 0 Å². The molecule has 2 N–H and O–H groups in total. The maximum atomic E-state index is 4.42. The van der Waals surface area contributed by atoms with Gasteiger partial charge in [0.25, 0.3) is 0 Å². The first-order valence-electron chi connectivity index (χ1n) is 6.08. The third kappa shape index (κ3) is 1.26. The number of pyridine rings is 1. The minimum absolute atomic E-state index is 0.852. The zero-order valence-electron chi connectivity index (χ0n) is 9.77. The van der Waals surface area contributed by atoms with Gasteiger partial charge in [-0.1, -0.05) is 18.2 Å². The Balaban J connectivity index is 2.15. The van der Waals surface area contributed by atoms with E-state index >= 15 is 0 Å². The van der Waals surface area contributed by atoms with Crippen molar-refractivity contribution < 1.29 is 0 Å². The van der Waals surface area contributed by atoms with E-state index in [2.05, 4.69) is 44.8 Å². The van der Waals surface area contributed by atoms with E-state index in [0.717, 1.165) is 24.0 Å². The number of aromatic nitrogens is 3.